The van der Waals surface area contributed by atoms with E-state index in [9.17, 15) is 0 Å². The second-order valence-electron chi connectivity index (χ2n) is 1.26. The molecule has 0 aromatic carbocycles. The first kappa shape index (κ1) is 8.55. The third kappa shape index (κ3) is 6.55. The second-order valence-corrected chi connectivity index (χ2v) is 1.26. The zero-order valence-corrected chi connectivity index (χ0v) is 5.61. The van der Waals surface area contributed by atoms with E-state index in [-0.39, 0.29) is 0 Å². The van der Waals surface area contributed by atoms with Crippen LogP contribution < -0.4 is 5.48 Å². The van der Waals surface area contributed by atoms with E-state index in [1.165, 1.54) is 7.11 Å². The number of carbonyl (C=O) groups excluding carboxylic acids is 1. The lowest BCUT2D eigenvalue weighted by molar-refractivity contribution is -0.126. The van der Waals surface area contributed by atoms with Crippen LogP contribution in [0.2, 0.25) is 0 Å². The molecule has 0 spiro atoms. The van der Waals surface area contributed by atoms with E-state index in [4.69, 9.17) is 4.79 Å². The summed E-state index contributed by atoms with van der Waals surface area (Å²) < 4.78 is 3.86. The highest BCUT2D eigenvalue weighted by atomic mass is 16.6. The number of hydroxylamine groups is 1. The summed E-state index contributed by atoms with van der Waals surface area (Å²) in [5.41, 5.74) is 2.52. The van der Waals surface area contributed by atoms with Crippen molar-refractivity contribution in [1.29, 1.82) is 0 Å². The maximum absolute atomic E-state index is 8.95. The molecule has 0 fully saturated rings. The summed E-state index contributed by atoms with van der Waals surface area (Å²) in [5, 5.41) is 0. The molecule has 0 aliphatic carbocycles. The molecule has 1 rings (SSSR count). The van der Waals surface area contributed by atoms with Crippen LogP contribution in [0, 0.1) is 0 Å². The van der Waals surface area contributed by atoms with Crippen LogP contribution in [-0.2, 0) is 14.4 Å². The van der Waals surface area contributed by atoms with Gasteiger partial charge in [-0.1, -0.05) is 0 Å². The largest absolute Gasteiger partial charge is 0.471 e. The van der Waals surface area contributed by atoms with Crippen molar-refractivity contribution < 1.29 is 14.4 Å². The van der Waals surface area contributed by atoms with Gasteiger partial charge < -0.3 is 9.57 Å². The number of carbonyl (C=O) groups is 1. The summed E-state index contributed by atoms with van der Waals surface area (Å²) >= 11 is 0. The minimum Gasteiger partial charge on any atom is -0.471 e. The average Bonchev–Trinajstić information content (AvgIpc) is 2.08. The van der Waals surface area contributed by atoms with Crippen molar-refractivity contribution in [2.45, 2.75) is 0 Å². The van der Waals surface area contributed by atoms with Crippen LogP contribution in [0.15, 0.2) is 24.6 Å². The van der Waals surface area contributed by atoms with Crippen LogP contribution in [0.1, 0.15) is 0 Å². The Bertz CT molecular complexity index is 119. The van der Waals surface area contributed by atoms with Crippen molar-refractivity contribution in [3.63, 3.8) is 0 Å². The maximum atomic E-state index is 8.95. The molecule has 0 radical (unpaired) electrons. The summed E-state index contributed by atoms with van der Waals surface area (Å²) in [6, 6.07) is 0. The third-order valence-corrected chi connectivity index (χ3v) is 0.586. The van der Waals surface area contributed by atoms with Crippen LogP contribution in [0.25, 0.3) is 0 Å². The van der Waals surface area contributed by atoms with Gasteiger partial charge in [0.05, 0.1) is 7.11 Å². The van der Waals surface area contributed by atoms with E-state index in [2.05, 4.69) is 15.1 Å². The molecule has 0 unspecified atom stereocenters. The standard InChI is InChI=1S/C4H5NO.C2H4O2/c1-2-4-6-5-3-1;1-4-2-3/h1-5H;2H,1H3. The molecule has 1 aliphatic rings. The lowest BCUT2D eigenvalue weighted by Crippen LogP contribution is -2.01. The first-order chi connectivity index (χ1) is 4.91. The molecular weight excluding hydrogens is 134 g/mol. The number of hydrogen-bond acceptors (Lipinski definition) is 4. The number of allylic oxidation sites excluding steroid dienone is 2. The number of ether oxygens (including phenoxy) is 1. The second kappa shape index (κ2) is 7.55. The summed E-state index contributed by atoms with van der Waals surface area (Å²) in [4.78, 5) is 13.5. The fourth-order valence-corrected chi connectivity index (χ4v) is 0.258. The molecule has 0 saturated heterocycles. The SMILES string of the molecule is C1=CNOC=C1.COC=O. The highest BCUT2D eigenvalue weighted by Gasteiger charge is 1.72. The topological polar surface area (TPSA) is 47.6 Å². The van der Waals surface area contributed by atoms with Gasteiger partial charge in [-0.15, -0.1) is 0 Å². The lowest BCUT2D eigenvalue weighted by Gasteiger charge is -1.97. The van der Waals surface area contributed by atoms with Gasteiger partial charge in [-0.05, 0) is 12.2 Å². The smallest absolute Gasteiger partial charge is 0.292 e. The van der Waals surface area contributed by atoms with Gasteiger partial charge in [-0.2, -0.15) is 0 Å². The zero-order chi connectivity index (χ0) is 7.66. The predicted octanol–water partition coefficient (Wildman–Crippen LogP) is 0.338. The van der Waals surface area contributed by atoms with Gasteiger partial charge >= 0.3 is 0 Å². The van der Waals surface area contributed by atoms with E-state index in [1.54, 1.807) is 18.5 Å². The minimum absolute atomic E-state index is 0.375. The summed E-state index contributed by atoms with van der Waals surface area (Å²) in [7, 11) is 1.31. The number of nitrogens with one attached hydrogen (secondary N) is 1. The Labute approximate surface area is 59.1 Å². The van der Waals surface area contributed by atoms with Gasteiger partial charge in [0, 0.05) is 6.20 Å². The Morgan fingerprint density at radius 2 is 2.30 bits per heavy atom. The molecule has 0 aromatic rings. The normalized spacial score (nSPS) is 11.7. The van der Waals surface area contributed by atoms with Crippen molar-refractivity contribution >= 4 is 6.47 Å². The minimum atomic E-state index is 0.375. The van der Waals surface area contributed by atoms with Crippen molar-refractivity contribution in [1.82, 2.24) is 5.48 Å². The molecule has 0 bridgehead atoms. The number of hydrogen-bond donors (Lipinski definition) is 1. The first-order valence-corrected chi connectivity index (χ1v) is 2.61. The van der Waals surface area contributed by atoms with Gasteiger partial charge in [-0.25, -0.2) is 5.48 Å². The van der Waals surface area contributed by atoms with Crippen LogP contribution >= 0.6 is 0 Å². The van der Waals surface area contributed by atoms with Crippen LogP contribution in [0.5, 0.6) is 0 Å². The number of rotatable bonds is 1. The Morgan fingerprint density at radius 3 is 2.40 bits per heavy atom. The Kier molecular flexibility index (Phi) is 6.46. The van der Waals surface area contributed by atoms with Gasteiger partial charge in [0.1, 0.15) is 6.26 Å². The van der Waals surface area contributed by atoms with Crippen molar-refractivity contribution in [3.8, 4) is 0 Å². The van der Waals surface area contributed by atoms with Crippen LogP contribution in [0.3, 0.4) is 0 Å². The van der Waals surface area contributed by atoms with Crippen molar-refractivity contribution in [2.75, 3.05) is 7.11 Å². The van der Waals surface area contributed by atoms with Crippen molar-refractivity contribution in [2.24, 2.45) is 0 Å². The molecule has 56 valence electrons. The quantitative estimate of drug-likeness (QED) is 0.537. The average molecular weight is 143 g/mol. The molecule has 4 heteroatoms. The Morgan fingerprint density at radius 1 is 1.60 bits per heavy atom. The molecule has 0 saturated carbocycles. The fourth-order valence-electron chi connectivity index (χ4n) is 0.258. The first-order valence-electron chi connectivity index (χ1n) is 2.61. The van der Waals surface area contributed by atoms with Gasteiger partial charge in [0.15, 0.2) is 0 Å². The van der Waals surface area contributed by atoms with E-state index in [0.29, 0.717) is 6.47 Å². The van der Waals surface area contributed by atoms with E-state index in [0.717, 1.165) is 0 Å². The van der Waals surface area contributed by atoms with Crippen LogP contribution in [0.4, 0.5) is 0 Å². The lowest BCUT2D eigenvalue weighted by atomic mass is 10.6. The molecule has 0 atom stereocenters. The molecule has 0 amide bonds. The highest BCUT2D eigenvalue weighted by Crippen LogP contribution is 1.80. The fraction of sp³-hybridized carbons (Fsp3) is 0.167. The molecule has 1 N–H and O–H groups in total. The molecule has 10 heavy (non-hydrogen) atoms. The van der Waals surface area contributed by atoms with E-state index >= 15 is 0 Å². The molecule has 1 aliphatic heterocycles. The highest BCUT2D eigenvalue weighted by molar-refractivity contribution is 5.36. The summed E-state index contributed by atoms with van der Waals surface area (Å²) in [6.45, 7) is 0.375. The van der Waals surface area contributed by atoms with Crippen LogP contribution in [-0.4, -0.2) is 13.6 Å². The number of methoxy groups -OCH3 is 1. The van der Waals surface area contributed by atoms with Gasteiger partial charge in [0.2, 0.25) is 0 Å². The maximum Gasteiger partial charge on any atom is 0.292 e. The Balaban J connectivity index is 0.000000180. The summed E-state index contributed by atoms with van der Waals surface area (Å²) in [6.07, 6.45) is 6.93. The summed E-state index contributed by atoms with van der Waals surface area (Å²) in [5.74, 6) is 0. The van der Waals surface area contributed by atoms with E-state index < -0.39 is 0 Å². The van der Waals surface area contributed by atoms with Crippen molar-refractivity contribution in [3.05, 3.63) is 24.6 Å². The van der Waals surface area contributed by atoms with Gasteiger partial charge in [0.25, 0.3) is 6.47 Å². The molecular formula is C6H9NO3. The van der Waals surface area contributed by atoms with Gasteiger partial charge in [-0.3, -0.25) is 4.79 Å². The molecule has 0 aromatic heterocycles. The zero-order valence-electron chi connectivity index (χ0n) is 5.61. The Hall–Kier alpha value is -1.45. The predicted molar refractivity (Wildman–Crippen MR) is 35.6 cm³/mol. The monoisotopic (exact) mass is 143 g/mol. The third-order valence-electron chi connectivity index (χ3n) is 0.586. The van der Waals surface area contributed by atoms with E-state index in [1.807, 2.05) is 6.08 Å². The molecule has 4 nitrogen and oxygen atoms in total. The molecule has 1 heterocycles.